The molecule has 0 aliphatic carbocycles. The fourth-order valence-corrected chi connectivity index (χ4v) is 6.90. The van der Waals surface area contributed by atoms with E-state index in [9.17, 15) is 14.4 Å². The number of hydrogen-bond donors (Lipinski definition) is 0. The van der Waals surface area contributed by atoms with Crippen LogP contribution in [0.15, 0.2) is 12.2 Å². The number of esters is 2. The number of unbranched alkanes of at least 4 members (excludes halogenated alkanes) is 14. The Hall–Kier alpha value is -1.54. The molecule has 0 bridgehead atoms. The molecule has 7 nitrogen and oxygen atoms in total. The van der Waals surface area contributed by atoms with Gasteiger partial charge >= 0.3 is 11.9 Å². The average molecular weight is 725 g/mol. The van der Waals surface area contributed by atoms with E-state index in [0.29, 0.717) is 39.0 Å². The van der Waals surface area contributed by atoms with Gasteiger partial charge in [0.15, 0.2) is 0 Å². The Balaban J connectivity index is 4.78. The summed E-state index contributed by atoms with van der Waals surface area (Å²) >= 11 is 1.40. The van der Waals surface area contributed by atoms with Crippen molar-refractivity contribution < 1.29 is 23.9 Å². The van der Waals surface area contributed by atoms with E-state index < -0.39 is 0 Å². The van der Waals surface area contributed by atoms with Crippen LogP contribution in [-0.2, 0) is 19.1 Å². The summed E-state index contributed by atoms with van der Waals surface area (Å²) in [6.07, 6.45) is 29.0. The van der Waals surface area contributed by atoms with Crippen LogP contribution in [0, 0.1) is 0 Å². The Morgan fingerprint density at radius 3 is 1.76 bits per heavy atom. The van der Waals surface area contributed by atoms with E-state index in [1.54, 1.807) is 0 Å². The molecule has 0 radical (unpaired) electrons. The van der Waals surface area contributed by atoms with Crippen LogP contribution in [0.3, 0.4) is 0 Å². The number of amides is 1. The van der Waals surface area contributed by atoms with Crippen LogP contribution in [0.1, 0.15) is 189 Å². The Kier molecular flexibility index (Phi) is 36.1. The predicted molar refractivity (Wildman–Crippen MR) is 215 cm³/mol. The molecule has 0 saturated carbocycles. The van der Waals surface area contributed by atoms with Crippen molar-refractivity contribution in [3.63, 3.8) is 0 Å². The van der Waals surface area contributed by atoms with Gasteiger partial charge in [0.2, 0.25) is 0 Å². The zero-order valence-corrected chi connectivity index (χ0v) is 34.3. The van der Waals surface area contributed by atoms with Gasteiger partial charge in [-0.2, -0.15) is 0 Å². The van der Waals surface area contributed by atoms with Crippen LogP contribution < -0.4 is 0 Å². The molecular weight excluding hydrogens is 645 g/mol. The van der Waals surface area contributed by atoms with E-state index in [-0.39, 0.29) is 23.3 Å². The van der Waals surface area contributed by atoms with Crippen LogP contribution in [0.5, 0.6) is 0 Å². The number of allylic oxidation sites excluding steroid dienone is 1. The van der Waals surface area contributed by atoms with E-state index in [0.717, 1.165) is 83.2 Å². The van der Waals surface area contributed by atoms with Crippen LogP contribution in [-0.4, -0.2) is 78.2 Å². The minimum Gasteiger partial charge on any atom is -0.462 e. The molecule has 0 aliphatic rings. The highest BCUT2D eigenvalue weighted by Crippen LogP contribution is 2.18. The van der Waals surface area contributed by atoms with E-state index in [2.05, 4.69) is 45.6 Å². The third kappa shape index (κ3) is 31.2. The molecule has 0 fully saturated rings. The van der Waals surface area contributed by atoms with Gasteiger partial charge in [0.1, 0.15) is 12.7 Å². The minimum absolute atomic E-state index is 0.0168. The summed E-state index contributed by atoms with van der Waals surface area (Å²) in [6, 6.07) is 0. The Labute approximate surface area is 313 Å². The van der Waals surface area contributed by atoms with Gasteiger partial charge < -0.3 is 19.3 Å². The number of carbonyl (C=O) groups is 3. The highest BCUT2D eigenvalue weighted by atomic mass is 32.2. The van der Waals surface area contributed by atoms with Crippen molar-refractivity contribution in [2.24, 2.45) is 0 Å². The molecular formula is C42H80N2O5S. The normalized spacial score (nSPS) is 11.6. The van der Waals surface area contributed by atoms with Gasteiger partial charge in [-0.1, -0.05) is 136 Å². The van der Waals surface area contributed by atoms with Crippen molar-refractivity contribution in [1.29, 1.82) is 0 Å². The van der Waals surface area contributed by atoms with Crippen LogP contribution in [0.25, 0.3) is 0 Å². The Morgan fingerprint density at radius 2 is 1.14 bits per heavy atom. The quantitative estimate of drug-likeness (QED) is 0.0362. The van der Waals surface area contributed by atoms with E-state index in [1.807, 2.05) is 11.0 Å². The van der Waals surface area contributed by atoms with Crippen molar-refractivity contribution in [2.75, 3.05) is 45.1 Å². The third-order valence-corrected chi connectivity index (χ3v) is 10.4. The number of thioether (sulfide) groups is 1. The zero-order valence-electron chi connectivity index (χ0n) is 33.5. The van der Waals surface area contributed by atoms with Gasteiger partial charge in [-0.3, -0.25) is 14.4 Å². The molecule has 1 amide bonds. The molecule has 0 aromatic rings. The van der Waals surface area contributed by atoms with Gasteiger partial charge in [0, 0.05) is 31.7 Å². The monoisotopic (exact) mass is 725 g/mol. The van der Waals surface area contributed by atoms with Crippen molar-refractivity contribution in [3.05, 3.63) is 12.2 Å². The Morgan fingerprint density at radius 1 is 0.580 bits per heavy atom. The second-order valence-corrected chi connectivity index (χ2v) is 15.0. The molecule has 0 aliphatic heterocycles. The summed E-state index contributed by atoms with van der Waals surface area (Å²) in [4.78, 5) is 42.7. The molecule has 50 heavy (non-hydrogen) atoms. The van der Waals surface area contributed by atoms with E-state index in [4.69, 9.17) is 9.47 Å². The molecule has 0 heterocycles. The van der Waals surface area contributed by atoms with Gasteiger partial charge in [0.25, 0.3) is 5.24 Å². The molecule has 0 aromatic heterocycles. The van der Waals surface area contributed by atoms with E-state index in [1.165, 1.54) is 88.8 Å². The molecule has 0 atom stereocenters. The summed E-state index contributed by atoms with van der Waals surface area (Å²) in [5.74, 6) is 0.516. The fraction of sp³-hybridized carbons (Fsp3) is 0.881. The molecule has 0 unspecified atom stereocenters. The second-order valence-electron chi connectivity index (χ2n) is 13.9. The standard InChI is InChI=1S/C42H80N2O5S/c1-6-11-14-17-18-21-27-37-48-40(45)32-25-22-26-35-44(42(47)50-38-29-34-43(9-4)10-5)36-28-33-41(46)49-39(30-23-19-15-12-7-2)31-24-20-16-13-8-3/h21,27,39H,6-20,22-26,28-38H2,1-5H3/b27-21-. The predicted octanol–water partition coefficient (Wildman–Crippen LogP) is 11.9. The summed E-state index contributed by atoms with van der Waals surface area (Å²) < 4.78 is 11.4. The maximum atomic E-state index is 13.3. The minimum atomic E-state index is -0.156. The maximum Gasteiger partial charge on any atom is 0.306 e. The maximum absolute atomic E-state index is 13.3. The fourth-order valence-electron chi connectivity index (χ4n) is 6.08. The zero-order chi connectivity index (χ0) is 36.9. The van der Waals surface area contributed by atoms with Crippen molar-refractivity contribution in [3.8, 4) is 0 Å². The largest absolute Gasteiger partial charge is 0.462 e. The molecule has 0 spiro atoms. The van der Waals surface area contributed by atoms with Crippen LogP contribution >= 0.6 is 11.8 Å². The number of hydrogen-bond acceptors (Lipinski definition) is 7. The first-order valence-electron chi connectivity index (χ1n) is 21.1. The summed E-state index contributed by atoms with van der Waals surface area (Å²) in [6.45, 7) is 15.6. The lowest BCUT2D eigenvalue weighted by Crippen LogP contribution is -2.31. The van der Waals surface area contributed by atoms with Gasteiger partial charge in [0.05, 0.1) is 0 Å². The summed E-state index contributed by atoms with van der Waals surface area (Å²) in [7, 11) is 0. The summed E-state index contributed by atoms with van der Waals surface area (Å²) in [5.41, 5.74) is 0. The lowest BCUT2D eigenvalue weighted by molar-refractivity contribution is -0.150. The van der Waals surface area contributed by atoms with Gasteiger partial charge in [-0.05, 0) is 83.8 Å². The summed E-state index contributed by atoms with van der Waals surface area (Å²) in [5, 5.41) is 0.0934. The van der Waals surface area contributed by atoms with Crippen molar-refractivity contribution in [2.45, 2.75) is 195 Å². The number of carbonyl (C=O) groups excluding carboxylic acids is 3. The van der Waals surface area contributed by atoms with Crippen molar-refractivity contribution >= 4 is 28.9 Å². The number of nitrogens with zero attached hydrogens (tertiary/aromatic N) is 2. The van der Waals surface area contributed by atoms with Crippen LogP contribution in [0.2, 0.25) is 0 Å². The first-order valence-corrected chi connectivity index (χ1v) is 22.0. The van der Waals surface area contributed by atoms with Crippen LogP contribution in [0.4, 0.5) is 4.79 Å². The molecule has 0 N–H and O–H groups in total. The highest BCUT2D eigenvalue weighted by Gasteiger charge is 2.18. The first-order chi connectivity index (χ1) is 24.4. The molecule has 8 heteroatoms. The average Bonchev–Trinajstić information content (AvgIpc) is 3.11. The molecule has 0 rings (SSSR count). The number of rotatable bonds is 36. The lowest BCUT2D eigenvalue weighted by Gasteiger charge is -2.23. The highest BCUT2D eigenvalue weighted by molar-refractivity contribution is 8.13. The SMILES string of the molecule is CCCCCC/C=C\COC(=O)CCCCCN(CCCC(=O)OC(CCCCCCC)CCCCCCC)C(=O)SCCCN(CC)CC. The first kappa shape index (κ1) is 48.5. The smallest absolute Gasteiger partial charge is 0.306 e. The topological polar surface area (TPSA) is 76.1 Å². The third-order valence-electron chi connectivity index (χ3n) is 9.40. The molecule has 0 saturated heterocycles. The van der Waals surface area contributed by atoms with Crippen molar-refractivity contribution in [1.82, 2.24) is 9.80 Å². The van der Waals surface area contributed by atoms with E-state index >= 15 is 0 Å². The Bertz CT molecular complexity index is 806. The van der Waals surface area contributed by atoms with Gasteiger partial charge in [-0.15, -0.1) is 0 Å². The second kappa shape index (κ2) is 37.2. The van der Waals surface area contributed by atoms with Gasteiger partial charge in [-0.25, -0.2) is 0 Å². The molecule has 0 aromatic carbocycles. The lowest BCUT2D eigenvalue weighted by atomic mass is 10.0. The number of ether oxygens (including phenoxy) is 2. The molecule has 294 valence electrons.